The van der Waals surface area contributed by atoms with Crippen molar-refractivity contribution in [2.24, 2.45) is 5.92 Å². The van der Waals surface area contributed by atoms with Crippen molar-refractivity contribution in [1.82, 2.24) is 16.0 Å². The third-order valence-electron chi connectivity index (χ3n) is 2.81. The normalized spacial score (nSPS) is 22.9. The number of hydrogen-bond donors (Lipinski definition) is 3. The Morgan fingerprint density at radius 2 is 2.53 bits per heavy atom. The third-order valence-corrected chi connectivity index (χ3v) is 2.81. The van der Waals surface area contributed by atoms with Crippen LogP contribution in [-0.4, -0.2) is 31.7 Å². The molecule has 2 unspecified atom stereocenters. The molecule has 0 aromatic rings. The van der Waals surface area contributed by atoms with Gasteiger partial charge in [0.25, 0.3) is 0 Å². The van der Waals surface area contributed by atoms with E-state index in [-0.39, 0.29) is 12.1 Å². The van der Waals surface area contributed by atoms with Gasteiger partial charge in [-0.3, -0.25) is 0 Å². The molecule has 4 heteroatoms. The van der Waals surface area contributed by atoms with Crippen LogP contribution in [0.15, 0.2) is 12.7 Å². The molecule has 2 amide bonds. The van der Waals surface area contributed by atoms with Gasteiger partial charge in [-0.2, -0.15) is 0 Å². The van der Waals surface area contributed by atoms with Crippen LogP contribution in [0.3, 0.4) is 0 Å². The van der Waals surface area contributed by atoms with Gasteiger partial charge in [-0.05, 0) is 38.8 Å². The lowest BCUT2D eigenvalue weighted by Crippen LogP contribution is -2.47. The molecule has 1 rings (SSSR count). The molecule has 1 aliphatic heterocycles. The van der Waals surface area contributed by atoms with Crippen LogP contribution in [0.2, 0.25) is 0 Å². The molecule has 0 aromatic heterocycles. The van der Waals surface area contributed by atoms with Gasteiger partial charge >= 0.3 is 6.03 Å². The second-order valence-electron chi connectivity index (χ2n) is 4.04. The lowest BCUT2D eigenvalue weighted by Gasteiger charge is -2.28. The van der Waals surface area contributed by atoms with Crippen LogP contribution in [0.1, 0.15) is 19.8 Å². The number of hydrogen-bond acceptors (Lipinski definition) is 2. The quantitative estimate of drug-likeness (QED) is 0.604. The summed E-state index contributed by atoms with van der Waals surface area (Å²) in [7, 11) is 0. The first-order chi connectivity index (χ1) is 7.24. The van der Waals surface area contributed by atoms with E-state index in [2.05, 4.69) is 29.5 Å². The van der Waals surface area contributed by atoms with Crippen molar-refractivity contribution >= 4 is 6.03 Å². The van der Waals surface area contributed by atoms with Crippen LogP contribution in [0, 0.1) is 5.92 Å². The minimum Gasteiger partial charge on any atom is -0.335 e. The van der Waals surface area contributed by atoms with Gasteiger partial charge in [0, 0.05) is 12.6 Å². The molecule has 3 N–H and O–H groups in total. The summed E-state index contributed by atoms with van der Waals surface area (Å²) in [6.45, 7) is 8.23. The van der Waals surface area contributed by atoms with Crippen LogP contribution in [0.5, 0.6) is 0 Å². The topological polar surface area (TPSA) is 53.2 Å². The van der Waals surface area contributed by atoms with E-state index in [1.807, 2.05) is 0 Å². The zero-order valence-corrected chi connectivity index (χ0v) is 9.38. The molecular formula is C11H21N3O. The molecule has 0 aromatic carbocycles. The highest BCUT2D eigenvalue weighted by Gasteiger charge is 2.20. The van der Waals surface area contributed by atoms with Crippen LogP contribution in [-0.2, 0) is 0 Å². The van der Waals surface area contributed by atoms with Crippen molar-refractivity contribution in [3.05, 3.63) is 12.7 Å². The van der Waals surface area contributed by atoms with E-state index < -0.39 is 0 Å². The molecule has 1 aliphatic rings. The van der Waals surface area contributed by atoms with Gasteiger partial charge in [0.15, 0.2) is 0 Å². The monoisotopic (exact) mass is 211 g/mol. The second kappa shape index (κ2) is 6.45. The highest BCUT2D eigenvalue weighted by atomic mass is 16.2. The smallest absolute Gasteiger partial charge is 0.315 e. The molecule has 1 fully saturated rings. The van der Waals surface area contributed by atoms with E-state index in [1.165, 1.54) is 12.8 Å². The minimum absolute atomic E-state index is 0.104. The number of nitrogens with one attached hydrogen (secondary N) is 3. The Morgan fingerprint density at radius 3 is 3.13 bits per heavy atom. The largest absolute Gasteiger partial charge is 0.335 e. The molecule has 0 saturated carbocycles. The number of amides is 2. The van der Waals surface area contributed by atoms with Gasteiger partial charge in [0.1, 0.15) is 0 Å². The molecular weight excluding hydrogens is 190 g/mol. The number of carbonyl (C=O) groups is 1. The van der Waals surface area contributed by atoms with Crippen molar-refractivity contribution in [3.63, 3.8) is 0 Å². The molecule has 15 heavy (non-hydrogen) atoms. The summed E-state index contributed by atoms with van der Waals surface area (Å²) in [5, 5.41) is 9.00. The maximum Gasteiger partial charge on any atom is 0.315 e. The van der Waals surface area contributed by atoms with Crippen molar-refractivity contribution < 1.29 is 4.79 Å². The predicted molar refractivity (Wildman–Crippen MR) is 61.8 cm³/mol. The SMILES string of the molecule is C=CCNC(=O)NC(C)C1CCCNC1. The summed E-state index contributed by atoms with van der Waals surface area (Å²) >= 11 is 0. The van der Waals surface area contributed by atoms with E-state index in [9.17, 15) is 4.79 Å². The van der Waals surface area contributed by atoms with Crippen molar-refractivity contribution in [2.75, 3.05) is 19.6 Å². The summed E-state index contributed by atoms with van der Waals surface area (Å²) in [5.41, 5.74) is 0. The molecule has 1 saturated heterocycles. The van der Waals surface area contributed by atoms with Gasteiger partial charge in [0.2, 0.25) is 0 Å². The highest BCUT2D eigenvalue weighted by Crippen LogP contribution is 2.13. The van der Waals surface area contributed by atoms with Gasteiger partial charge in [-0.1, -0.05) is 6.08 Å². The fourth-order valence-electron chi connectivity index (χ4n) is 1.85. The number of carbonyl (C=O) groups excluding carboxylic acids is 1. The maximum atomic E-state index is 11.4. The van der Waals surface area contributed by atoms with Crippen LogP contribution >= 0.6 is 0 Å². The second-order valence-corrected chi connectivity index (χ2v) is 4.04. The standard InChI is InChI=1S/C11H21N3O/c1-3-6-13-11(15)14-9(2)10-5-4-7-12-8-10/h3,9-10,12H,1,4-8H2,2H3,(H2,13,14,15). The summed E-state index contributed by atoms with van der Waals surface area (Å²) in [5.74, 6) is 0.549. The molecule has 0 spiro atoms. The van der Waals surface area contributed by atoms with Gasteiger partial charge < -0.3 is 16.0 Å². The first-order valence-corrected chi connectivity index (χ1v) is 5.60. The van der Waals surface area contributed by atoms with Gasteiger partial charge in [-0.15, -0.1) is 6.58 Å². The molecule has 2 atom stereocenters. The summed E-state index contributed by atoms with van der Waals surface area (Å²) in [6, 6.07) is 0.121. The third kappa shape index (κ3) is 4.34. The fourth-order valence-corrected chi connectivity index (χ4v) is 1.85. The van der Waals surface area contributed by atoms with E-state index in [0.717, 1.165) is 13.1 Å². The molecule has 86 valence electrons. The van der Waals surface area contributed by atoms with Crippen LogP contribution in [0.25, 0.3) is 0 Å². The molecule has 4 nitrogen and oxygen atoms in total. The van der Waals surface area contributed by atoms with Crippen molar-refractivity contribution in [2.45, 2.75) is 25.8 Å². The first kappa shape index (κ1) is 12.0. The zero-order chi connectivity index (χ0) is 11.1. The lowest BCUT2D eigenvalue weighted by atomic mass is 9.93. The average Bonchev–Trinajstić information content (AvgIpc) is 2.27. The molecule has 0 aliphatic carbocycles. The summed E-state index contributed by atoms with van der Waals surface area (Å²) in [4.78, 5) is 11.4. The Morgan fingerprint density at radius 1 is 1.73 bits per heavy atom. The first-order valence-electron chi connectivity index (χ1n) is 5.60. The van der Waals surface area contributed by atoms with Crippen LogP contribution in [0.4, 0.5) is 4.79 Å². The molecule has 0 radical (unpaired) electrons. The zero-order valence-electron chi connectivity index (χ0n) is 9.38. The van der Waals surface area contributed by atoms with Gasteiger partial charge in [0.05, 0.1) is 0 Å². The predicted octanol–water partition coefficient (Wildman–Crippen LogP) is 0.860. The van der Waals surface area contributed by atoms with E-state index in [1.54, 1.807) is 6.08 Å². The highest BCUT2D eigenvalue weighted by molar-refractivity contribution is 5.74. The maximum absolute atomic E-state index is 11.4. The minimum atomic E-state index is -0.104. The molecule has 1 heterocycles. The van der Waals surface area contributed by atoms with Crippen LogP contribution < -0.4 is 16.0 Å². The Kier molecular flexibility index (Phi) is 5.18. The summed E-state index contributed by atoms with van der Waals surface area (Å²) in [6.07, 6.45) is 4.06. The lowest BCUT2D eigenvalue weighted by molar-refractivity contribution is 0.228. The molecule has 0 bridgehead atoms. The average molecular weight is 211 g/mol. The Hall–Kier alpha value is -1.03. The number of piperidine rings is 1. The van der Waals surface area contributed by atoms with E-state index in [0.29, 0.717) is 12.5 Å². The Bertz CT molecular complexity index is 212. The number of rotatable bonds is 4. The Labute approximate surface area is 91.5 Å². The van der Waals surface area contributed by atoms with E-state index >= 15 is 0 Å². The Balaban J connectivity index is 2.23. The van der Waals surface area contributed by atoms with E-state index in [4.69, 9.17) is 0 Å². The fraction of sp³-hybridized carbons (Fsp3) is 0.727. The van der Waals surface area contributed by atoms with Crippen molar-refractivity contribution in [1.29, 1.82) is 0 Å². The van der Waals surface area contributed by atoms with Crippen molar-refractivity contribution in [3.8, 4) is 0 Å². The summed E-state index contributed by atoms with van der Waals surface area (Å²) < 4.78 is 0. The van der Waals surface area contributed by atoms with Gasteiger partial charge in [-0.25, -0.2) is 4.79 Å². The number of urea groups is 1.